The van der Waals surface area contributed by atoms with Crippen molar-refractivity contribution < 1.29 is 0 Å². The van der Waals surface area contributed by atoms with Crippen molar-refractivity contribution in [1.82, 2.24) is 19.5 Å². The van der Waals surface area contributed by atoms with Gasteiger partial charge in [0.25, 0.3) is 0 Å². The number of rotatable bonds is 5. The quantitative estimate of drug-likeness (QED) is 0.179. The molecule has 0 aliphatic heterocycles. The van der Waals surface area contributed by atoms with Crippen LogP contribution in [-0.2, 0) is 0 Å². The summed E-state index contributed by atoms with van der Waals surface area (Å²) in [5, 5.41) is 7.27. The van der Waals surface area contributed by atoms with Gasteiger partial charge >= 0.3 is 0 Å². The van der Waals surface area contributed by atoms with Gasteiger partial charge in [-0.25, -0.2) is 15.0 Å². The molecule has 0 aliphatic carbocycles. The highest BCUT2D eigenvalue weighted by Gasteiger charge is 2.20. The minimum atomic E-state index is 0.645. The molecule has 0 atom stereocenters. The maximum atomic E-state index is 5.10. The summed E-state index contributed by atoms with van der Waals surface area (Å²) in [6.07, 6.45) is 0. The minimum Gasteiger partial charge on any atom is -0.309 e. The highest BCUT2D eigenvalue weighted by Crippen LogP contribution is 2.43. The summed E-state index contributed by atoms with van der Waals surface area (Å²) in [6, 6.07) is 64.4. The molecule has 0 aliphatic rings. The van der Waals surface area contributed by atoms with Gasteiger partial charge in [-0.05, 0) is 46.8 Å². The number of aromatic nitrogens is 4. The number of para-hydroxylation sites is 1. The van der Waals surface area contributed by atoms with Gasteiger partial charge in [0.2, 0.25) is 0 Å². The molecule has 3 heterocycles. The molecule has 0 amide bonds. The topological polar surface area (TPSA) is 43.6 Å². The second-order valence-corrected chi connectivity index (χ2v) is 14.6. The van der Waals surface area contributed by atoms with Crippen LogP contribution in [0.25, 0.3) is 104 Å². The summed E-state index contributed by atoms with van der Waals surface area (Å²) < 4.78 is 5.06. The van der Waals surface area contributed by atoms with E-state index >= 15 is 0 Å². The Balaban J connectivity index is 1.14. The first-order chi connectivity index (χ1) is 26.8. The van der Waals surface area contributed by atoms with Crippen molar-refractivity contribution in [1.29, 1.82) is 0 Å². The Morgan fingerprint density at radius 3 is 1.70 bits per heavy atom. The molecule has 4 nitrogen and oxygen atoms in total. The standard InChI is InChI=1S/C49H30N4S/c1-3-14-31(15-4-1)47-50-48(32-16-5-2-6-17-32)52-49(51-47)41-28-29-43(36-19-8-7-18-35(36)41)53-42-24-11-9-20-37(42)38-27-26-33(30-44(38)53)34-22-13-23-40-39-21-10-12-25-45(39)54-46(34)40/h1-30H. The zero-order valence-electron chi connectivity index (χ0n) is 29.0. The van der Waals surface area contributed by atoms with Crippen LogP contribution in [0.4, 0.5) is 0 Å². The fourth-order valence-corrected chi connectivity index (χ4v) is 9.21. The molecule has 11 aromatic rings. The van der Waals surface area contributed by atoms with E-state index in [0.717, 1.165) is 33.2 Å². The van der Waals surface area contributed by atoms with Crippen LogP contribution in [0.3, 0.4) is 0 Å². The highest BCUT2D eigenvalue weighted by molar-refractivity contribution is 7.26. The monoisotopic (exact) mass is 706 g/mol. The zero-order valence-corrected chi connectivity index (χ0v) is 29.8. The molecule has 5 heteroatoms. The van der Waals surface area contributed by atoms with Gasteiger partial charge in [-0.15, -0.1) is 11.3 Å². The zero-order chi connectivity index (χ0) is 35.6. The Morgan fingerprint density at radius 2 is 0.944 bits per heavy atom. The van der Waals surface area contributed by atoms with Crippen LogP contribution in [-0.4, -0.2) is 19.5 Å². The average molecular weight is 707 g/mol. The van der Waals surface area contributed by atoms with Crippen LogP contribution in [0, 0.1) is 0 Å². The molecule has 0 saturated carbocycles. The highest BCUT2D eigenvalue weighted by atomic mass is 32.1. The van der Waals surface area contributed by atoms with Crippen molar-refractivity contribution in [3.8, 4) is 51.0 Å². The van der Waals surface area contributed by atoms with Crippen LogP contribution in [0.15, 0.2) is 182 Å². The van der Waals surface area contributed by atoms with Crippen molar-refractivity contribution in [2.24, 2.45) is 0 Å². The van der Waals surface area contributed by atoms with Crippen molar-refractivity contribution in [2.45, 2.75) is 0 Å². The van der Waals surface area contributed by atoms with Crippen LogP contribution < -0.4 is 0 Å². The number of benzene rings is 8. The van der Waals surface area contributed by atoms with E-state index in [2.05, 4.69) is 126 Å². The molecule has 0 unspecified atom stereocenters. The summed E-state index contributed by atoms with van der Waals surface area (Å²) in [5.74, 6) is 1.94. The van der Waals surface area contributed by atoms with Gasteiger partial charge < -0.3 is 4.57 Å². The predicted molar refractivity (Wildman–Crippen MR) is 226 cm³/mol. The minimum absolute atomic E-state index is 0.645. The van der Waals surface area contributed by atoms with Gasteiger partial charge in [0.1, 0.15) is 0 Å². The van der Waals surface area contributed by atoms with Crippen LogP contribution in [0.2, 0.25) is 0 Å². The molecule has 3 aromatic heterocycles. The number of thiophene rings is 1. The van der Waals surface area contributed by atoms with E-state index in [-0.39, 0.29) is 0 Å². The Morgan fingerprint density at radius 1 is 0.352 bits per heavy atom. The van der Waals surface area contributed by atoms with E-state index in [1.165, 1.54) is 53.1 Å². The van der Waals surface area contributed by atoms with Gasteiger partial charge in [-0.3, -0.25) is 0 Å². The van der Waals surface area contributed by atoms with E-state index in [9.17, 15) is 0 Å². The summed E-state index contributed by atoms with van der Waals surface area (Å²) >= 11 is 1.87. The summed E-state index contributed by atoms with van der Waals surface area (Å²) in [4.78, 5) is 15.1. The first-order valence-electron chi connectivity index (χ1n) is 18.1. The first-order valence-corrected chi connectivity index (χ1v) is 18.9. The molecule has 0 spiro atoms. The lowest BCUT2D eigenvalue weighted by molar-refractivity contribution is 1.08. The second-order valence-electron chi connectivity index (χ2n) is 13.6. The van der Waals surface area contributed by atoms with Crippen molar-refractivity contribution in [3.63, 3.8) is 0 Å². The van der Waals surface area contributed by atoms with E-state index in [4.69, 9.17) is 15.0 Å². The number of nitrogens with zero attached hydrogens (tertiary/aromatic N) is 4. The number of hydrogen-bond donors (Lipinski definition) is 0. The van der Waals surface area contributed by atoms with Gasteiger partial charge in [0.15, 0.2) is 17.5 Å². The van der Waals surface area contributed by atoms with Gasteiger partial charge in [0, 0.05) is 53.0 Å². The third-order valence-corrected chi connectivity index (χ3v) is 11.7. The third-order valence-electron chi connectivity index (χ3n) is 10.5. The lowest BCUT2D eigenvalue weighted by Gasteiger charge is -2.15. The van der Waals surface area contributed by atoms with Gasteiger partial charge in [0.05, 0.1) is 16.7 Å². The van der Waals surface area contributed by atoms with E-state index in [0.29, 0.717) is 17.5 Å². The van der Waals surface area contributed by atoms with E-state index in [1.807, 2.05) is 72.0 Å². The average Bonchev–Trinajstić information content (AvgIpc) is 3.79. The van der Waals surface area contributed by atoms with Crippen molar-refractivity contribution in [2.75, 3.05) is 0 Å². The largest absolute Gasteiger partial charge is 0.309 e. The smallest absolute Gasteiger partial charge is 0.164 e. The maximum absolute atomic E-state index is 5.10. The van der Waals surface area contributed by atoms with Crippen molar-refractivity contribution in [3.05, 3.63) is 182 Å². The van der Waals surface area contributed by atoms with Gasteiger partial charge in [-0.2, -0.15) is 0 Å². The lowest BCUT2D eigenvalue weighted by Crippen LogP contribution is -2.01. The fourth-order valence-electron chi connectivity index (χ4n) is 7.97. The summed E-state index contributed by atoms with van der Waals surface area (Å²) in [7, 11) is 0. The molecule has 0 fully saturated rings. The fraction of sp³-hybridized carbons (Fsp3) is 0. The molecular weight excluding hydrogens is 677 g/mol. The molecule has 11 rings (SSSR count). The Kier molecular flexibility index (Phi) is 7.00. The first kappa shape index (κ1) is 30.7. The molecule has 252 valence electrons. The molecule has 0 saturated heterocycles. The lowest BCUT2D eigenvalue weighted by atomic mass is 10.0. The number of fused-ring (bicyclic) bond motifs is 7. The molecular formula is C49H30N4S. The van der Waals surface area contributed by atoms with E-state index < -0.39 is 0 Å². The summed E-state index contributed by atoms with van der Waals surface area (Å²) in [5.41, 5.74) is 8.77. The molecule has 0 radical (unpaired) electrons. The van der Waals surface area contributed by atoms with Crippen LogP contribution >= 0.6 is 11.3 Å². The Labute approximate surface area is 315 Å². The predicted octanol–water partition coefficient (Wildman–Crippen LogP) is 13.2. The SMILES string of the molecule is c1ccc(-c2nc(-c3ccccc3)nc(-c3ccc(-n4c5ccccc5c5ccc(-c6cccc7c6sc6ccccc67)cc54)c4ccccc34)n2)cc1. The Hall–Kier alpha value is -6.95. The van der Waals surface area contributed by atoms with Crippen LogP contribution in [0.5, 0.6) is 0 Å². The molecule has 54 heavy (non-hydrogen) atoms. The number of hydrogen-bond acceptors (Lipinski definition) is 4. The third kappa shape index (κ3) is 4.86. The maximum Gasteiger partial charge on any atom is 0.164 e. The van der Waals surface area contributed by atoms with E-state index in [1.54, 1.807) is 0 Å². The second kappa shape index (κ2) is 12.3. The molecule has 0 bridgehead atoms. The summed E-state index contributed by atoms with van der Waals surface area (Å²) in [6.45, 7) is 0. The molecule has 8 aromatic carbocycles. The Bertz CT molecular complexity index is 3160. The van der Waals surface area contributed by atoms with Gasteiger partial charge in [-0.1, -0.05) is 152 Å². The van der Waals surface area contributed by atoms with Crippen molar-refractivity contribution >= 4 is 64.1 Å². The normalized spacial score (nSPS) is 11.7. The van der Waals surface area contributed by atoms with Crippen LogP contribution in [0.1, 0.15) is 0 Å². The molecule has 0 N–H and O–H groups in total.